The van der Waals surface area contributed by atoms with Gasteiger partial charge in [-0.1, -0.05) is 50.8 Å². The van der Waals surface area contributed by atoms with Crippen LogP contribution < -0.4 is 16.0 Å². The summed E-state index contributed by atoms with van der Waals surface area (Å²) in [6, 6.07) is 14.2. The number of hydrogen-bond acceptors (Lipinski definition) is 9. The van der Waals surface area contributed by atoms with Gasteiger partial charge in [0.25, 0.3) is 5.91 Å². The van der Waals surface area contributed by atoms with Gasteiger partial charge < -0.3 is 20.5 Å². The first-order valence-corrected chi connectivity index (χ1v) is 19.6. The Kier molecular flexibility index (Phi) is 10.6. The predicted molar refractivity (Wildman–Crippen MR) is 214 cm³/mol. The molecule has 0 spiro atoms. The molecular weight excluding hydrogens is 718 g/mol. The molecule has 1 amide bonds. The standard InChI is InChI=1S/C41H46FN7O4S.CH4/c1-24-16-40(3)18-27(53-15-13-43)19-41(17-24,22-40)23-49-25(2)29(20-44-49)28-9-11-34(46-36(28)38(51)52)48-14-12-26-8-10-31(42)35(30(26)21-48)37(50)47-39-45-32-6-4-5-7-33(32)54-39;/h4-11,20,24,27H,12-19,21-23,43H2,1-3H3,(H,51,52)(H,45,47,50);1H4. The summed E-state index contributed by atoms with van der Waals surface area (Å²) in [5, 5.41) is 18.5. The van der Waals surface area contributed by atoms with E-state index in [0.29, 0.717) is 54.1 Å². The van der Waals surface area contributed by atoms with Crippen LogP contribution in [0.3, 0.4) is 0 Å². The Hall–Kier alpha value is -4.72. The maximum atomic E-state index is 15.4. The molecule has 0 radical (unpaired) electrons. The van der Waals surface area contributed by atoms with Crippen molar-refractivity contribution in [3.8, 4) is 11.1 Å². The van der Waals surface area contributed by atoms with E-state index in [1.54, 1.807) is 24.4 Å². The monoisotopic (exact) mass is 767 g/mol. The number of rotatable bonds is 10. The smallest absolute Gasteiger partial charge is 0.355 e. The third-order valence-electron chi connectivity index (χ3n) is 11.7. The van der Waals surface area contributed by atoms with Crippen molar-refractivity contribution < 1.29 is 23.8 Å². The molecule has 5 aromatic rings. The number of halogens is 1. The van der Waals surface area contributed by atoms with E-state index in [9.17, 15) is 14.7 Å². The molecule has 4 N–H and O–H groups in total. The Morgan fingerprint density at radius 2 is 1.91 bits per heavy atom. The molecular formula is C42H50FN7O4S. The lowest BCUT2D eigenvalue weighted by Gasteiger charge is -2.55. The fourth-order valence-electron chi connectivity index (χ4n) is 9.98. The second-order valence-electron chi connectivity index (χ2n) is 16.0. The van der Waals surface area contributed by atoms with Crippen molar-refractivity contribution in [2.45, 2.75) is 85.9 Å². The van der Waals surface area contributed by atoms with E-state index in [2.05, 4.69) is 29.1 Å². The van der Waals surface area contributed by atoms with Crippen LogP contribution in [0.25, 0.3) is 21.3 Å². The number of hydrogen-bond donors (Lipinski definition) is 3. The van der Waals surface area contributed by atoms with Gasteiger partial charge in [0.1, 0.15) is 11.6 Å². The van der Waals surface area contributed by atoms with E-state index >= 15 is 4.39 Å². The zero-order valence-electron chi connectivity index (χ0n) is 30.9. The Balaban J connectivity index is 0.00000465. The van der Waals surface area contributed by atoms with Crippen molar-refractivity contribution in [1.82, 2.24) is 19.7 Å². The van der Waals surface area contributed by atoms with E-state index in [1.807, 2.05) is 40.8 Å². The molecule has 2 saturated carbocycles. The van der Waals surface area contributed by atoms with Crippen molar-refractivity contribution in [1.29, 1.82) is 0 Å². The van der Waals surface area contributed by atoms with Gasteiger partial charge in [-0.25, -0.2) is 19.2 Å². The van der Waals surface area contributed by atoms with Crippen molar-refractivity contribution in [2.24, 2.45) is 22.5 Å². The lowest BCUT2D eigenvalue weighted by atomic mass is 9.52. The summed E-state index contributed by atoms with van der Waals surface area (Å²) in [4.78, 5) is 37.4. The number of nitrogens with one attached hydrogen (secondary N) is 1. The third-order valence-corrected chi connectivity index (χ3v) is 12.6. The molecule has 0 saturated heterocycles. The zero-order valence-corrected chi connectivity index (χ0v) is 31.7. The van der Waals surface area contributed by atoms with Gasteiger partial charge in [-0.15, -0.1) is 0 Å². The van der Waals surface area contributed by atoms with Crippen LogP contribution in [0.1, 0.15) is 91.0 Å². The average Bonchev–Trinajstić information content (AvgIpc) is 3.70. The minimum absolute atomic E-state index is 0. The largest absolute Gasteiger partial charge is 0.476 e. The predicted octanol–water partition coefficient (Wildman–Crippen LogP) is 8.10. The first kappa shape index (κ1) is 38.6. The van der Waals surface area contributed by atoms with Gasteiger partial charge in [0.05, 0.1) is 34.7 Å². The molecule has 1 aliphatic heterocycles. The number of amides is 1. The number of carbonyl (C=O) groups excluding carboxylic acids is 1. The first-order valence-electron chi connectivity index (χ1n) is 18.7. The number of carboxylic acids is 1. The fraction of sp³-hybridized carbons (Fsp3) is 0.452. The first-order chi connectivity index (χ1) is 25.9. The molecule has 2 bridgehead atoms. The number of nitrogens with zero attached hydrogens (tertiary/aromatic N) is 5. The molecule has 2 aliphatic carbocycles. The molecule has 2 fully saturated rings. The van der Waals surface area contributed by atoms with E-state index in [-0.39, 0.29) is 42.2 Å². The van der Waals surface area contributed by atoms with Crippen molar-refractivity contribution in [2.75, 3.05) is 29.9 Å². The van der Waals surface area contributed by atoms with E-state index < -0.39 is 17.7 Å². The Bertz CT molecular complexity index is 2220. The highest BCUT2D eigenvalue weighted by Gasteiger charge is 2.51. The van der Waals surface area contributed by atoms with Crippen LogP contribution in [0, 0.1) is 29.5 Å². The van der Waals surface area contributed by atoms with Gasteiger partial charge in [0.2, 0.25) is 0 Å². The number of aromatic nitrogens is 4. The molecule has 290 valence electrons. The van der Waals surface area contributed by atoms with Crippen LogP contribution in [-0.2, 0) is 24.2 Å². The number of thiazole rings is 1. The van der Waals surface area contributed by atoms with Crippen LogP contribution in [-0.4, -0.2) is 62.5 Å². The minimum atomic E-state index is -1.15. The second-order valence-corrected chi connectivity index (χ2v) is 17.1. The number of ether oxygens (including phenoxy) is 1. The SMILES string of the molecule is C.Cc1c(-c2ccc(N3CCc4ccc(F)c(C(=O)Nc5nc6ccccc6s5)c4C3)nc2C(=O)O)cnn1CC12CC(C)CC(C)(CC(OCCN)C1)C2. The van der Waals surface area contributed by atoms with Crippen molar-refractivity contribution in [3.05, 3.63) is 88.6 Å². The van der Waals surface area contributed by atoms with Crippen LogP contribution >= 0.6 is 11.3 Å². The third kappa shape index (κ3) is 7.49. The van der Waals surface area contributed by atoms with Crippen LogP contribution in [0.2, 0.25) is 0 Å². The van der Waals surface area contributed by atoms with Gasteiger partial charge in [-0.3, -0.25) is 14.8 Å². The molecule has 4 unspecified atom stereocenters. The summed E-state index contributed by atoms with van der Waals surface area (Å²) in [7, 11) is 0. The molecule has 2 aromatic carbocycles. The number of aromatic carboxylic acids is 1. The van der Waals surface area contributed by atoms with Gasteiger partial charge in [-0.2, -0.15) is 5.10 Å². The molecule has 13 heteroatoms. The van der Waals surface area contributed by atoms with Gasteiger partial charge in [0.15, 0.2) is 10.8 Å². The van der Waals surface area contributed by atoms with Gasteiger partial charge in [-0.05, 0) is 104 Å². The number of fused-ring (bicyclic) bond motifs is 4. The number of carboxylic acid groups (broad SMARTS) is 1. The summed E-state index contributed by atoms with van der Waals surface area (Å²) >= 11 is 1.33. The second kappa shape index (κ2) is 15.1. The topological polar surface area (TPSA) is 148 Å². The molecule has 4 heterocycles. The normalized spacial score (nSPS) is 23.3. The summed E-state index contributed by atoms with van der Waals surface area (Å²) in [6.07, 6.45) is 7.81. The average molecular weight is 768 g/mol. The fourth-order valence-corrected chi connectivity index (χ4v) is 10.8. The maximum absolute atomic E-state index is 15.4. The number of anilines is 2. The zero-order chi connectivity index (χ0) is 37.8. The molecule has 55 heavy (non-hydrogen) atoms. The van der Waals surface area contributed by atoms with Crippen LogP contribution in [0.15, 0.2) is 54.7 Å². The summed E-state index contributed by atoms with van der Waals surface area (Å²) in [5.41, 5.74) is 10.1. The molecule has 3 aliphatic rings. The summed E-state index contributed by atoms with van der Waals surface area (Å²) < 4.78 is 24.6. The number of carbonyl (C=O) groups is 2. The van der Waals surface area contributed by atoms with Gasteiger partial charge in [0, 0.05) is 43.0 Å². The van der Waals surface area contributed by atoms with Crippen molar-refractivity contribution >= 4 is 44.4 Å². The van der Waals surface area contributed by atoms with Crippen molar-refractivity contribution in [3.63, 3.8) is 0 Å². The number of benzene rings is 2. The van der Waals surface area contributed by atoms with E-state index in [4.69, 9.17) is 15.6 Å². The van der Waals surface area contributed by atoms with E-state index in [1.165, 1.54) is 23.8 Å². The number of pyridine rings is 1. The molecule has 4 atom stereocenters. The highest BCUT2D eigenvalue weighted by Crippen LogP contribution is 2.58. The number of para-hydroxylation sites is 1. The number of nitrogens with two attached hydrogens (primary N) is 1. The lowest BCUT2D eigenvalue weighted by Crippen LogP contribution is -2.49. The molecule has 11 nitrogen and oxygen atoms in total. The van der Waals surface area contributed by atoms with Crippen LogP contribution in [0.5, 0.6) is 0 Å². The lowest BCUT2D eigenvalue weighted by molar-refractivity contribution is -0.108. The quantitative estimate of drug-likeness (QED) is 0.128. The molecule has 3 aromatic heterocycles. The Morgan fingerprint density at radius 1 is 1.09 bits per heavy atom. The Morgan fingerprint density at radius 3 is 2.69 bits per heavy atom. The minimum Gasteiger partial charge on any atom is -0.476 e. The highest BCUT2D eigenvalue weighted by molar-refractivity contribution is 7.22. The molecule has 8 rings (SSSR count). The van der Waals surface area contributed by atoms with Crippen LogP contribution in [0.4, 0.5) is 15.3 Å². The summed E-state index contributed by atoms with van der Waals surface area (Å²) in [6.45, 7) is 9.23. The highest BCUT2D eigenvalue weighted by atomic mass is 32.1. The van der Waals surface area contributed by atoms with Gasteiger partial charge >= 0.3 is 5.97 Å². The maximum Gasteiger partial charge on any atom is 0.355 e. The summed E-state index contributed by atoms with van der Waals surface area (Å²) in [5.74, 6) is -1.33. The van der Waals surface area contributed by atoms with E-state index in [0.717, 1.165) is 59.3 Å². The Labute approximate surface area is 325 Å².